The third-order valence-corrected chi connectivity index (χ3v) is 6.57. The molecule has 0 N–H and O–H groups in total. The van der Waals surface area contributed by atoms with Gasteiger partial charge in [-0.05, 0) is 0 Å². The quantitative estimate of drug-likeness (QED) is 0.575. The van der Waals surface area contributed by atoms with Gasteiger partial charge in [0.2, 0.25) is 0 Å². The van der Waals surface area contributed by atoms with Crippen molar-refractivity contribution < 1.29 is 19.1 Å². The number of rotatable bonds is 1. The molecule has 0 aliphatic carbocycles. The van der Waals surface area contributed by atoms with Gasteiger partial charge in [-0.3, -0.25) is 0 Å². The molecule has 0 bridgehead atoms. The fourth-order valence-electron chi connectivity index (χ4n) is 1.48. The van der Waals surface area contributed by atoms with Gasteiger partial charge in [-0.1, -0.05) is 0 Å². The molecule has 1 aliphatic heterocycles. The summed E-state index contributed by atoms with van der Waals surface area (Å²) in [6.07, 6.45) is 0. The first-order chi connectivity index (χ1) is 8.78. The minimum atomic E-state index is -4.66. The molecule has 92 valence electrons. The molecule has 0 saturated carbocycles. The molecule has 3 rings (SSSR count). The predicted octanol–water partition coefficient (Wildman–Crippen LogP) is 1.60. The zero-order chi connectivity index (χ0) is 12.4. The Morgan fingerprint density at radius 3 is 1.78 bits per heavy atom. The van der Waals surface area contributed by atoms with Crippen molar-refractivity contribution in [2.24, 2.45) is 0 Å². The summed E-state index contributed by atoms with van der Waals surface area (Å²) < 4.78 is 23.0. The van der Waals surface area contributed by atoms with Gasteiger partial charge in [0.1, 0.15) is 0 Å². The van der Waals surface area contributed by atoms with Gasteiger partial charge < -0.3 is 0 Å². The van der Waals surface area contributed by atoms with Crippen LogP contribution in [0.5, 0.6) is 11.5 Å². The molecule has 1 heterocycles. The van der Waals surface area contributed by atoms with E-state index >= 15 is 0 Å². The Bertz CT molecular complexity index is 567. The number of fused-ring (bicyclic) bond motifs is 1. The molecule has 2 aromatic rings. The summed E-state index contributed by atoms with van der Waals surface area (Å²) in [6.45, 7) is 0. The van der Waals surface area contributed by atoms with Crippen molar-refractivity contribution in [1.29, 1.82) is 0 Å². The molecule has 0 fully saturated rings. The second-order valence-corrected chi connectivity index (χ2v) is 8.76. The molecule has 6 heteroatoms. The van der Waals surface area contributed by atoms with Crippen LogP contribution in [-0.4, -0.2) is 19.6 Å². The van der Waals surface area contributed by atoms with Gasteiger partial charge in [0.25, 0.3) is 0 Å². The maximum absolute atomic E-state index is 12.5. The fourth-order valence-corrected chi connectivity index (χ4v) is 4.59. The normalized spacial score (nSPS) is 16.9. The summed E-state index contributed by atoms with van der Waals surface area (Å²) in [4.78, 5) is 10.1. The average Bonchev–Trinajstić information content (AvgIpc) is 2.61. The Balaban J connectivity index is 1.93. The van der Waals surface area contributed by atoms with E-state index < -0.39 is 19.6 Å². The summed E-state index contributed by atoms with van der Waals surface area (Å²) in [7, 11) is 0. The summed E-state index contributed by atoms with van der Waals surface area (Å²) in [5.74, 6) is 0.667. The molecule has 5 nitrogen and oxygen atoms in total. The Hall–Kier alpha value is -1.42. The molecular weight excluding hydrogens is 346 g/mol. The summed E-state index contributed by atoms with van der Waals surface area (Å²) >= 11 is -4.66. The SMILES string of the molecule is [O]=[Sb]1([c]2ccccc2)[O]Oc2ccccc2O[O]1. The van der Waals surface area contributed by atoms with Gasteiger partial charge in [0.15, 0.2) is 0 Å². The van der Waals surface area contributed by atoms with E-state index in [0.29, 0.717) is 15.0 Å². The molecule has 18 heavy (non-hydrogen) atoms. The van der Waals surface area contributed by atoms with Crippen LogP contribution in [0.4, 0.5) is 0 Å². The van der Waals surface area contributed by atoms with E-state index in [9.17, 15) is 3.02 Å². The monoisotopic (exact) mass is 354 g/mol. The van der Waals surface area contributed by atoms with E-state index in [1.165, 1.54) is 0 Å². The van der Waals surface area contributed by atoms with Crippen LogP contribution >= 0.6 is 0 Å². The third kappa shape index (κ3) is 2.12. The first-order valence-corrected chi connectivity index (χ1v) is 9.65. The van der Waals surface area contributed by atoms with E-state index in [1.807, 2.05) is 6.07 Å². The summed E-state index contributed by atoms with van der Waals surface area (Å²) in [6, 6.07) is 15.4. The van der Waals surface area contributed by atoms with E-state index in [0.717, 1.165) is 0 Å². The van der Waals surface area contributed by atoms with Crippen LogP contribution in [0.3, 0.4) is 0 Å². The van der Waals surface area contributed by atoms with Crippen molar-refractivity contribution in [2.45, 2.75) is 0 Å². The van der Waals surface area contributed by atoms with Crippen molar-refractivity contribution in [3.05, 3.63) is 54.6 Å². The van der Waals surface area contributed by atoms with Crippen LogP contribution in [0.25, 0.3) is 0 Å². The number of hydrogen-bond acceptors (Lipinski definition) is 5. The maximum atomic E-state index is 12.5. The van der Waals surface area contributed by atoms with E-state index in [4.69, 9.17) is 16.1 Å². The molecule has 0 unspecified atom stereocenters. The van der Waals surface area contributed by atoms with Crippen LogP contribution in [0, 0.1) is 0 Å². The van der Waals surface area contributed by atoms with Gasteiger partial charge in [0.05, 0.1) is 0 Å². The van der Waals surface area contributed by atoms with Crippen molar-refractivity contribution in [1.82, 2.24) is 0 Å². The van der Waals surface area contributed by atoms with Crippen molar-refractivity contribution >= 4 is 23.1 Å². The molecular formula is C12H9O5Sb. The van der Waals surface area contributed by atoms with Gasteiger partial charge in [-0.2, -0.15) is 0 Å². The van der Waals surface area contributed by atoms with Crippen LogP contribution in [0.1, 0.15) is 0 Å². The van der Waals surface area contributed by atoms with E-state index in [1.54, 1.807) is 48.5 Å². The zero-order valence-corrected chi connectivity index (χ0v) is 11.7. The Morgan fingerprint density at radius 1 is 0.722 bits per heavy atom. The van der Waals surface area contributed by atoms with Crippen LogP contribution in [0.2, 0.25) is 0 Å². The third-order valence-electron chi connectivity index (χ3n) is 2.37. The number of benzene rings is 2. The van der Waals surface area contributed by atoms with Gasteiger partial charge in [-0.25, -0.2) is 0 Å². The fraction of sp³-hybridized carbons (Fsp3) is 0. The van der Waals surface area contributed by atoms with Crippen LogP contribution < -0.4 is 13.3 Å². The molecule has 0 radical (unpaired) electrons. The molecule has 0 spiro atoms. The first-order valence-electron chi connectivity index (χ1n) is 5.25. The van der Waals surface area contributed by atoms with E-state index in [2.05, 4.69) is 0 Å². The molecule has 0 saturated heterocycles. The Kier molecular flexibility index (Phi) is 3.04. The zero-order valence-electron chi connectivity index (χ0n) is 9.18. The second-order valence-electron chi connectivity index (χ2n) is 3.60. The van der Waals surface area contributed by atoms with Crippen LogP contribution in [0.15, 0.2) is 54.6 Å². The average molecular weight is 355 g/mol. The molecule has 0 aromatic heterocycles. The summed E-state index contributed by atoms with van der Waals surface area (Å²) in [5.41, 5.74) is 0. The van der Waals surface area contributed by atoms with Gasteiger partial charge >= 0.3 is 108 Å². The van der Waals surface area contributed by atoms with Crippen LogP contribution in [-0.2, 0) is 9.35 Å². The molecule has 1 aliphatic rings. The standard InChI is InChI=1S/C6H6O4.C6H5.O.Sb/c7-9-5-3-1-2-4-6(5)10-8;1-2-4-6-5-3-1;;/h1-4,7-8H;1-5H;;/q;;;+2/p-2. The summed E-state index contributed by atoms with van der Waals surface area (Å²) in [5, 5.41) is 0. The van der Waals surface area contributed by atoms with Crippen molar-refractivity contribution in [2.75, 3.05) is 0 Å². The van der Waals surface area contributed by atoms with Crippen molar-refractivity contribution in [3.8, 4) is 11.5 Å². The van der Waals surface area contributed by atoms with Gasteiger partial charge in [0, 0.05) is 0 Å². The molecule has 0 amide bonds. The Morgan fingerprint density at radius 2 is 1.22 bits per heavy atom. The van der Waals surface area contributed by atoms with Gasteiger partial charge in [-0.15, -0.1) is 0 Å². The minimum absolute atomic E-state index is 0.333. The van der Waals surface area contributed by atoms with E-state index in [-0.39, 0.29) is 0 Å². The first kappa shape index (κ1) is 11.7. The number of hydrogen-bond donors (Lipinski definition) is 0. The number of para-hydroxylation sites is 2. The Labute approximate surface area is 108 Å². The predicted molar refractivity (Wildman–Crippen MR) is 62.4 cm³/mol. The molecule has 2 aromatic carbocycles. The second kappa shape index (κ2) is 4.69. The molecule has 0 atom stereocenters. The van der Waals surface area contributed by atoms with Crippen molar-refractivity contribution in [3.63, 3.8) is 0 Å². The topological polar surface area (TPSA) is 54.0 Å².